The highest BCUT2D eigenvalue weighted by Gasteiger charge is 2.38. The largest absolute Gasteiger partial charge is 0.480 e. The maximum absolute atomic E-state index is 13.9. The fraction of sp³-hybridized carbons (Fsp3) is 0.294. The first-order chi connectivity index (χ1) is 21.4. The summed E-state index contributed by atoms with van der Waals surface area (Å²) in [5.41, 5.74) is 4.23. The highest BCUT2D eigenvalue weighted by molar-refractivity contribution is 5.93. The van der Waals surface area contributed by atoms with Crippen molar-refractivity contribution in [2.24, 2.45) is 0 Å². The third kappa shape index (κ3) is 7.63. The van der Waals surface area contributed by atoms with Crippen molar-refractivity contribution >= 4 is 34.8 Å². The Hall–Kier alpha value is -5.12. The molecular formula is C34H36N4O6. The number of unbranched alkanes of at least 4 members (excludes halogenated alkanes) is 1. The highest BCUT2D eigenvalue weighted by atomic mass is 16.5. The molecule has 0 radical (unpaired) electrons. The van der Waals surface area contributed by atoms with Crippen LogP contribution in [0.4, 0.5) is 4.79 Å². The molecule has 2 heterocycles. The number of H-pyrrole nitrogens is 1. The van der Waals surface area contributed by atoms with Gasteiger partial charge in [0, 0.05) is 29.6 Å². The van der Waals surface area contributed by atoms with E-state index >= 15 is 0 Å². The molecule has 0 unspecified atom stereocenters. The van der Waals surface area contributed by atoms with Crippen molar-refractivity contribution in [3.8, 4) is 0 Å². The Morgan fingerprint density at radius 3 is 2.34 bits per heavy atom. The molecule has 0 aliphatic carbocycles. The number of nitrogens with one attached hydrogen (secondary N) is 3. The zero-order chi connectivity index (χ0) is 30.9. The lowest BCUT2D eigenvalue weighted by Gasteiger charge is -2.30. The number of benzene rings is 3. The number of hydrogen-bond donors (Lipinski definition) is 4. The molecule has 10 nitrogen and oxygen atoms in total. The maximum Gasteiger partial charge on any atom is 0.407 e. The maximum atomic E-state index is 13.9. The number of alkyl carbamates (subject to hydrolysis) is 1. The van der Waals surface area contributed by atoms with E-state index in [-0.39, 0.29) is 38.3 Å². The van der Waals surface area contributed by atoms with Crippen LogP contribution in [0.1, 0.15) is 41.6 Å². The minimum atomic E-state index is -1.12. The quantitative estimate of drug-likeness (QED) is 0.180. The van der Waals surface area contributed by atoms with Crippen LogP contribution in [0.3, 0.4) is 0 Å². The molecule has 0 saturated carbocycles. The Morgan fingerprint density at radius 2 is 1.61 bits per heavy atom. The summed E-state index contributed by atoms with van der Waals surface area (Å²) in [7, 11) is 0. The monoisotopic (exact) mass is 596 g/mol. The van der Waals surface area contributed by atoms with Gasteiger partial charge in [-0.3, -0.25) is 9.59 Å². The van der Waals surface area contributed by atoms with E-state index in [1.165, 1.54) is 4.90 Å². The number of carbonyl (C=O) groups excluding carboxylic acids is 3. The summed E-state index contributed by atoms with van der Waals surface area (Å²) in [5.74, 6) is -1.87. The standard InChI is InChI=1S/C34H36N4O6/c39-31(19-23-11-3-1-4-12-23)37-28-20-26-25-15-7-8-16-27(25)36-29(26)21-38(32(28)40)30(33(41)42)17-9-10-18-35-34(43)44-22-24-13-5-2-6-14-24/h1-8,11-16,28,30,36H,9-10,17-22H2,(H,35,43)(H,37,39)(H,41,42)/t28-,30+/m1/s1. The minimum absolute atomic E-state index is 0.0783. The Bertz CT molecular complexity index is 1600. The van der Waals surface area contributed by atoms with E-state index < -0.39 is 30.1 Å². The molecule has 4 aromatic rings. The number of aliphatic carboxylic acids is 1. The summed E-state index contributed by atoms with van der Waals surface area (Å²) in [6.07, 6.45) is 0.935. The van der Waals surface area contributed by atoms with E-state index in [0.29, 0.717) is 19.4 Å². The van der Waals surface area contributed by atoms with Gasteiger partial charge in [0.2, 0.25) is 11.8 Å². The average molecular weight is 597 g/mol. The van der Waals surface area contributed by atoms with Crippen LogP contribution in [0.5, 0.6) is 0 Å². The van der Waals surface area contributed by atoms with Crippen LogP contribution in [-0.2, 0) is 45.1 Å². The number of aromatic nitrogens is 1. The Morgan fingerprint density at radius 1 is 0.932 bits per heavy atom. The van der Waals surface area contributed by atoms with E-state index in [2.05, 4.69) is 15.6 Å². The van der Waals surface area contributed by atoms with Gasteiger partial charge in [-0.2, -0.15) is 0 Å². The number of nitrogens with zero attached hydrogens (tertiary/aromatic N) is 1. The second-order valence-corrected chi connectivity index (χ2v) is 10.9. The first kappa shape index (κ1) is 30.3. The predicted octanol–water partition coefficient (Wildman–Crippen LogP) is 4.33. The summed E-state index contributed by atoms with van der Waals surface area (Å²) in [6, 6.07) is 24.3. The number of carboxylic acids is 1. The zero-order valence-corrected chi connectivity index (χ0v) is 24.3. The molecule has 0 bridgehead atoms. The van der Waals surface area contributed by atoms with Gasteiger partial charge in [-0.05, 0) is 42.0 Å². The minimum Gasteiger partial charge on any atom is -0.480 e. The van der Waals surface area contributed by atoms with Crippen LogP contribution in [-0.4, -0.2) is 57.5 Å². The summed E-state index contributed by atoms with van der Waals surface area (Å²) >= 11 is 0. The van der Waals surface area contributed by atoms with Crippen molar-refractivity contribution in [2.75, 3.05) is 6.54 Å². The van der Waals surface area contributed by atoms with Gasteiger partial charge >= 0.3 is 12.1 Å². The third-order valence-electron chi connectivity index (χ3n) is 7.81. The normalized spacial score (nSPS) is 15.2. The van der Waals surface area contributed by atoms with Gasteiger partial charge in [-0.1, -0.05) is 78.9 Å². The van der Waals surface area contributed by atoms with Crippen LogP contribution in [0, 0.1) is 0 Å². The van der Waals surface area contributed by atoms with Crippen LogP contribution >= 0.6 is 0 Å². The smallest absolute Gasteiger partial charge is 0.407 e. The molecule has 0 spiro atoms. The van der Waals surface area contributed by atoms with E-state index in [0.717, 1.165) is 33.3 Å². The fourth-order valence-corrected chi connectivity index (χ4v) is 5.61. The number of carbonyl (C=O) groups is 4. The van der Waals surface area contributed by atoms with E-state index in [1.807, 2.05) is 84.9 Å². The predicted molar refractivity (Wildman–Crippen MR) is 165 cm³/mol. The lowest BCUT2D eigenvalue weighted by Crippen LogP contribution is -2.53. The van der Waals surface area contributed by atoms with E-state index in [1.54, 1.807) is 0 Å². The van der Waals surface area contributed by atoms with Gasteiger partial charge in [-0.25, -0.2) is 9.59 Å². The third-order valence-corrected chi connectivity index (χ3v) is 7.81. The number of amides is 3. The van der Waals surface area contributed by atoms with Gasteiger partial charge in [0.25, 0.3) is 0 Å². The Balaban J connectivity index is 1.24. The summed E-state index contributed by atoms with van der Waals surface area (Å²) in [6.45, 7) is 0.538. The average Bonchev–Trinajstić information content (AvgIpc) is 3.31. The Labute approximate surface area is 255 Å². The molecule has 10 heteroatoms. The first-order valence-corrected chi connectivity index (χ1v) is 14.8. The molecule has 1 aromatic heterocycles. The van der Waals surface area contributed by atoms with Gasteiger partial charge in [0.1, 0.15) is 18.7 Å². The number of fused-ring (bicyclic) bond motifs is 3. The molecule has 5 rings (SSSR count). The first-order valence-electron chi connectivity index (χ1n) is 14.8. The topological polar surface area (TPSA) is 141 Å². The summed E-state index contributed by atoms with van der Waals surface area (Å²) < 4.78 is 5.22. The second kappa shape index (κ2) is 14.4. The summed E-state index contributed by atoms with van der Waals surface area (Å²) in [5, 5.41) is 16.7. The number of carboxylic acid groups (broad SMARTS) is 1. The van der Waals surface area contributed by atoms with E-state index in [9.17, 15) is 24.3 Å². The highest BCUT2D eigenvalue weighted by Crippen LogP contribution is 2.29. The molecule has 2 atom stereocenters. The lowest BCUT2D eigenvalue weighted by molar-refractivity contribution is -0.152. The zero-order valence-electron chi connectivity index (χ0n) is 24.3. The molecule has 4 N–H and O–H groups in total. The van der Waals surface area contributed by atoms with Crippen molar-refractivity contribution in [1.82, 2.24) is 20.5 Å². The molecule has 3 aromatic carbocycles. The Kier molecular flexibility index (Phi) is 9.91. The van der Waals surface area contributed by atoms with Gasteiger partial charge in [0.05, 0.1) is 13.0 Å². The molecule has 1 aliphatic rings. The van der Waals surface area contributed by atoms with Crippen LogP contribution in [0.15, 0.2) is 84.9 Å². The second-order valence-electron chi connectivity index (χ2n) is 10.9. The molecule has 1 aliphatic heterocycles. The number of para-hydroxylation sites is 1. The van der Waals surface area contributed by atoms with Crippen molar-refractivity contribution in [1.29, 1.82) is 0 Å². The molecule has 3 amide bonds. The molecule has 228 valence electrons. The van der Waals surface area contributed by atoms with Crippen molar-refractivity contribution in [2.45, 2.75) is 57.3 Å². The fourth-order valence-electron chi connectivity index (χ4n) is 5.61. The van der Waals surface area contributed by atoms with Crippen LogP contribution in [0.2, 0.25) is 0 Å². The number of aromatic amines is 1. The number of hydrogen-bond acceptors (Lipinski definition) is 5. The molecule has 44 heavy (non-hydrogen) atoms. The van der Waals surface area contributed by atoms with Gasteiger partial charge < -0.3 is 30.4 Å². The van der Waals surface area contributed by atoms with Crippen LogP contribution < -0.4 is 10.6 Å². The molecular weight excluding hydrogens is 560 g/mol. The van der Waals surface area contributed by atoms with Crippen molar-refractivity contribution in [3.05, 3.63) is 107 Å². The SMILES string of the molecule is O=C(Cc1ccccc1)N[C@@H]1Cc2c([nH]c3ccccc23)CN([C@@H](CCCCNC(=O)OCc2ccccc2)C(=O)O)C1=O. The van der Waals surface area contributed by atoms with Gasteiger partial charge in [0.15, 0.2) is 0 Å². The lowest BCUT2D eigenvalue weighted by atomic mass is 10.0. The van der Waals surface area contributed by atoms with Crippen molar-refractivity contribution < 1.29 is 29.0 Å². The number of ether oxygens (including phenoxy) is 1. The summed E-state index contributed by atoms with van der Waals surface area (Å²) in [4.78, 5) is 56.3. The molecule has 0 saturated heterocycles. The van der Waals surface area contributed by atoms with Crippen LogP contribution in [0.25, 0.3) is 10.9 Å². The van der Waals surface area contributed by atoms with E-state index in [4.69, 9.17) is 4.74 Å². The molecule has 0 fully saturated rings. The van der Waals surface area contributed by atoms with Gasteiger partial charge in [-0.15, -0.1) is 0 Å². The van der Waals surface area contributed by atoms with Crippen molar-refractivity contribution in [3.63, 3.8) is 0 Å². The number of rotatable bonds is 12.